The van der Waals surface area contributed by atoms with Gasteiger partial charge in [0.25, 0.3) is 5.91 Å². The molecule has 5 heteroatoms. The molecule has 0 aliphatic carbocycles. The number of anilines is 1. The third kappa shape index (κ3) is 4.45. The molecule has 0 aliphatic rings. The van der Waals surface area contributed by atoms with Gasteiger partial charge in [0.1, 0.15) is 0 Å². The van der Waals surface area contributed by atoms with Crippen LogP contribution in [0, 0.1) is 0 Å². The van der Waals surface area contributed by atoms with Crippen molar-refractivity contribution in [2.24, 2.45) is 0 Å². The van der Waals surface area contributed by atoms with E-state index in [1.165, 1.54) is 0 Å². The lowest BCUT2D eigenvalue weighted by atomic mass is 10.1. The lowest BCUT2D eigenvalue weighted by Crippen LogP contribution is -2.36. The van der Waals surface area contributed by atoms with E-state index in [0.29, 0.717) is 17.7 Å². The summed E-state index contributed by atoms with van der Waals surface area (Å²) in [7, 11) is 0. The molecule has 1 aromatic carbocycles. The highest BCUT2D eigenvalue weighted by Crippen LogP contribution is 2.08. The molecule has 0 aromatic heterocycles. The molecule has 5 nitrogen and oxygen atoms in total. The van der Waals surface area contributed by atoms with Gasteiger partial charge in [0, 0.05) is 17.3 Å². The first-order chi connectivity index (χ1) is 8.52. The molecule has 1 amide bonds. The number of nitrogens with two attached hydrogens (primary N) is 1. The van der Waals surface area contributed by atoms with Crippen molar-refractivity contribution in [3.63, 3.8) is 0 Å². The minimum absolute atomic E-state index is 0.0610. The maximum Gasteiger partial charge on any atom is 0.305 e. The van der Waals surface area contributed by atoms with E-state index in [2.05, 4.69) is 5.32 Å². The van der Waals surface area contributed by atoms with Crippen LogP contribution in [0.2, 0.25) is 0 Å². The Kier molecular flexibility index (Phi) is 5.17. The summed E-state index contributed by atoms with van der Waals surface area (Å²) in [5.41, 5.74) is 6.60. The highest BCUT2D eigenvalue weighted by atomic mass is 16.4. The Morgan fingerprint density at radius 1 is 1.33 bits per heavy atom. The average molecular weight is 250 g/mol. The first kappa shape index (κ1) is 14.0. The van der Waals surface area contributed by atoms with Crippen molar-refractivity contribution >= 4 is 17.6 Å². The van der Waals surface area contributed by atoms with Crippen LogP contribution in [0.3, 0.4) is 0 Å². The van der Waals surface area contributed by atoms with E-state index < -0.39 is 5.97 Å². The average Bonchev–Trinajstić information content (AvgIpc) is 2.29. The third-order valence-corrected chi connectivity index (χ3v) is 2.57. The molecule has 1 aromatic rings. The van der Waals surface area contributed by atoms with Gasteiger partial charge in [0.15, 0.2) is 0 Å². The van der Waals surface area contributed by atoms with Gasteiger partial charge in [-0.25, -0.2) is 0 Å². The monoisotopic (exact) mass is 250 g/mol. The third-order valence-electron chi connectivity index (χ3n) is 2.57. The van der Waals surface area contributed by atoms with Crippen LogP contribution in [0.5, 0.6) is 0 Å². The summed E-state index contributed by atoms with van der Waals surface area (Å²) >= 11 is 0. The highest BCUT2D eigenvalue weighted by Gasteiger charge is 2.15. The van der Waals surface area contributed by atoms with Gasteiger partial charge in [-0.1, -0.05) is 13.3 Å². The minimum atomic E-state index is -0.911. The van der Waals surface area contributed by atoms with Crippen molar-refractivity contribution in [1.29, 1.82) is 0 Å². The zero-order chi connectivity index (χ0) is 13.5. The van der Waals surface area contributed by atoms with Gasteiger partial charge in [0.05, 0.1) is 6.42 Å². The first-order valence-corrected chi connectivity index (χ1v) is 5.91. The van der Waals surface area contributed by atoms with E-state index in [4.69, 9.17) is 10.8 Å². The number of carbonyl (C=O) groups is 2. The van der Waals surface area contributed by atoms with Gasteiger partial charge in [-0.15, -0.1) is 0 Å². The molecule has 0 fully saturated rings. The summed E-state index contributed by atoms with van der Waals surface area (Å²) in [4.78, 5) is 22.6. The van der Waals surface area contributed by atoms with Crippen LogP contribution >= 0.6 is 0 Å². The normalized spacial score (nSPS) is 11.8. The molecule has 4 N–H and O–H groups in total. The SMILES string of the molecule is CCCC(CC(=O)O)NC(=O)c1ccc(N)cc1. The van der Waals surface area contributed by atoms with E-state index in [0.717, 1.165) is 6.42 Å². The molecule has 0 saturated heterocycles. The predicted molar refractivity (Wildman–Crippen MR) is 69.3 cm³/mol. The molecular weight excluding hydrogens is 232 g/mol. The molecule has 98 valence electrons. The minimum Gasteiger partial charge on any atom is -0.481 e. The number of nitrogens with one attached hydrogen (secondary N) is 1. The molecule has 1 unspecified atom stereocenters. The summed E-state index contributed by atoms with van der Waals surface area (Å²) < 4.78 is 0. The van der Waals surface area contributed by atoms with Gasteiger partial charge >= 0.3 is 5.97 Å². The topological polar surface area (TPSA) is 92.4 Å². The van der Waals surface area contributed by atoms with Gasteiger partial charge in [-0.3, -0.25) is 9.59 Å². The Morgan fingerprint density at radius 3 is 2.44 bits per heavy atom. The maximum absolute atomic E-state index is 11.9. The number of benzene rings is 1. The largest absolute Gasteiger partial charge is 0.481 e. The first-order valence-electron chi connectivity index (χ1n) is 5.91. The smallest absolute Gasteiger partial charge is 0.305 e. The fourth-order valence-electron chi connectivity index (χ4n) is 1.69. The molecule has 1 atom stereocenters. The molecule has 0 spiro atoms. The molecule has 18 heavy (non-hydrogen) atoms. The predicted octanol–water partition coefficient (Wildman–Crippen LogP) is 1.64. The standard InChI is InChI=1S/C13H18N2O3/c1-2-3-11(8-12(16)17)15-13(18)9-4-6-10(14)7-5-9/h4-7,11H,2-3,8,14H2,1H3,(H,15,18)(H,16,17). The van der Waals surface area contributed by atoms with E-state index >= 15 is 0 Å². The van der Waals surface area contributed by atoms with Crippen molar-refractivity contribution in [3.8, 4) is 0 Å². The second-order valence-corrected chi connectivity index (χ2v) is 4.18. The zero-order valence-electron chi connectivity index (χ0n) is 10.3. The van der Waals surface area contributed by atoms with Crippen molar-refractivity contribution in [3.05, 3.63) is 29.8 Å². The molecular formula is C13H18N2O3. The van der Waals surface area contributed by atoms with Gasteiger partial charge < -0.3 is 16.2 Å². The van der Waals surface area contributed by atoms with Crippen molar-refractivity contribution in [2.45, 2.75) is 32.2 Å². The summed E-state index contributed by atoms with van der Waals surface area (Å²) in [5, 5.41) is 11.5. The van der Waals surface area contributed by atoms with Crippen LogP contribution in [0.4, 0.5) is 5.69 Å². The van der Waals surface area contributed by atoms with Gasteiger partial charge in [-0.05, 0) is 30.7 Å². The Hall–Kier alpha value is -2.04. The zero-order valence-corrected chi connectivity index (χ0v) is 10.3. The molecule has 0 bridgehead atoms. The lowest BCUT2D eigenvalue weighted by Gasteiger charge is -2.16. The summed E-state index contributed by atoms with van der Waals surface area (Å²) in [5.74, 6) is -1.18. The number of rotatable bonds is 6. The lowest BCUT2D eigenvalue weighted by molar-refractivity contribution is -0.137. The van der Waals surface area contributed by atoms with Crippen molar-refractivity contribution in [2.75, 3.05) is 5.73 Å². The molecule has 0 saturated carbocycles. The molecule has 0 heterocycles. The number of carboxylic acids is 1. The number of amides is 1. The number of hydrogen-bond donors (Lipinski definition) is 3. The van der Waals surface area contributed by atoms with Crippen LogP contribution < -0.4 is 11.1 Å². The van der Waals surface area contributed by atoms with Crippen LogP contribution in [0.15, 0.2) is 24.3 Å². The van der Waals surface area contributed by atoms with E-state index in [1.807, 2.05) is 6.92 Å². The maximum atomic E-state index is 11.9. The van der Waals surface area contributed by atoms with Crippen molar-refractivity contribution in [1.82, 2.24) is 5.32 Å². The second-order valence-electron chi connectivity index (χ2n) is 4.18. The second kappa shape index (κ2) is 6.64. The highest BCUT2D eigenvalue weighted by molar-refractivity contribution is 5.94. The molecule has 0 radical (unpaired) electrons. The fraction of sp³-hybridized carbons (Fsp3) is 0.385. The van der Waals surface area contributed by atoms with E-state index in [-0.39, 0.29) is 18.4 Å². The van der Waals surface area contributed by atoms with Crippen LogP contribution in [0.1, 0.15) is 36.5 Å². The van der Waals surface area contributed by atoms with Crippen LogP contribution in [-0.2, 0) is 4.79 Å². The fourth-order valence-corrected chi connectivity index (χ4v) is 1.69. The Morgan fingerprint density at radius 2 is 1.94 bits per heavy atom. The Bertz CT molecular complexity index is 415. The Balaban J connectivity index is 2.65. The number of hydrogen-bond acceptors (Lipinski definition) is 3. The van der Waals surface area contributed by atoms with Gasteiger partial charge in [0.2, 0.25) is 0 Å². The molecule has 1 rings (SSSR count). The molecule has 0 aliphatic heterocycles. The number of carboxylic acid groups (broad SMARTS) is 1. The summed E-state index contributed by atoms with van der Waals surface area (Å²) in [6, 6.07) is 6.18. The Labute approximate surface area is 106 Å². The number of nitrogen functional groups attached to an aromatic ring is 1. The summed E-state index contributed by atoms with van der Waals surface area (Å²) in [6.45, 7) is 1.95. The van der Waals surface area contributed by atoms with Gasteiger partial charge in [-0.2, -0.15) is 0 Å². The van der Waals surface area contributed by atoms with Crippen molar-refractivity contribution < 1.29 is 14.7 Å². The van der Waals surface area contributed by atoms with E-state index in [9.17, 15) is 9.59 Å². The van der Waals surface area contributed by atoms with Crippen LogP contribution in [-0.4, -0.2) is 23.0 Å². The summed E-state index contributed by atoms with van der Waals surface area (Å²) in [6.07, 6.45) is 1.40. The quantitative estimate of drug-likeness (QED) is 0.669. The number of aliphatic carboxylic acids is 1. The van der Waals surface area contributed by atoms with Crippen LogP contribution in [0.25, 0.3) is 0 Å². The number of carbonyl (C=O) groups excluding carboxylic acids is 1. The van der Waals surface area contributed by atoms with E-state index in [1.54, 1.807) is 24.3 Å².